The molecule has 2 amide bonds. The van der Waals surface area contributed by atoms with Gasteiger partial charge in [0.25, 0.3) is 11.8 Å². The van der Waals surface area contributed by atoms with Gasteiger partial charge in [-0.1, -0.05) is 97.1 Å². The van der Waals surface area contributed by atoms with Gasteiger partial charge in [0.15, 0.2) is 0 Å². The molecule has 4 aliphatic rings. The smallest absolute Gasteiger partial charge is 0.254 e. The lowest BCUT2D eigenvalue weighted by Gasteiger charge is -2.45. The van der Waals surface area contributed by atoms with Crippen molar-refractivity contribution >= 4 is 28.9 Å². The van der Waals surface area contributed by atoms with Crippen LogP contribution in [0.15, 0.2) is 114 Å². The van der Waals surface area contributed by atoms with E-state index >= 15 is 0 Å². The number of fused-ring (bicyclic) bond motifs is 1. The summed E-state index contributed by atoms with van der Waals surface area (Å²) in [5.41, 5.74) is 7.82. The fraction of sp³-hybridized carbons (Fsp3) is 0.147. The zero-order chi connectivity index (χ0) is 26.1. The second-order valence-corrected chi connectivity index (χ2v) is 10.7. The van der Waals surface area contributed by atoms with Crippen LogP contribution in [-0.4, -0.2) is 27.6 Å². The second kappa shape index (κ2) is 8.37. The molecule has 39 heavy (non-hydrogen) atoms. The van der Waals surface area contributed by atoms with E-state index in [1.165, 1.54) is 27.8 Å². The van der Waals surface area contributed by atoms with E-state index in [1.54, 1.807) is 6.21 Å². The third-order valence-electron chi connectivity index (χ3n) is 8.75. The Morgan fingerprint density at radius 3 is 1.74 bits per heavy atom. The average molecular weight is 508 g/mol. The molecular formula is C34H25N3O2. The van der Waals surface area contributed by atoms with Crippen molar-refractivity contribution < 1.29 is 9.59 Å². The Morgan fingerprint density at radius 2 is 1.15 bits per heavy atom. The van der Waals surface area contributed by atoms with Crippen LogP contribution in [0.2, 0.25) is 0 Å². The summed E-state index contributed by atoms with van der Waals surface area (Å²) in [6.45, 7) is 0.723. The molecular weight excluding hydrogens is 482 g/mol. The highest BCUT2D eigenvalue weighted by atomic mass is 16.2. The van der Waals surface area contributed by atoms with E-state index in [2.05, 4.69) is 64.4 Å². The number of nitrogens with zero attached hydrogens (tertiary/aromatic N) is 3. The van der Waals surface area contributed by atoms with E-state index in [4.69, 9.17) is 0 Å². The summed E-state index contributed by atoms with van der Waals surface area (Å²) >= 11 is 0. The lowest BCUT2D eigenvalue weighted by atomic mass is 9.55. The van der Waals surface area contributed by atoms with Gasteiger partial charge in [0.1, 0.15) is 0 Å². The van der Waals surface area contributed by atoms with Crippen LogP contribution in [0.1, 0.15) is 45.2 Å². The molecule has 4 aromatic carbocycles. The van der Waals surface area contributed by atoms with Crippen molar-refractivity contribution in [2.45, 2.75) is 18.4 Å². The van der Waals surface area contributed by atoms with Gasteiger partial charge in [-0.05, 0) is 33.9 Å². The van der Waals surface area contributed by atoms with Crippen molar-refractivity contribution in [1.29, 1.82) is 0 Å². The van der Waals surface area contributed by atoms with Gasteiger partial charge in [-0.2, -0.15) is 10.1 Å². The summed E-state index contributed by atoms with van der Waals surface area (Å²) in [5, 5.41) is 6.75. The molecule has 1 aliphatic heterocycles. The van der Waals surface area contributed by atoms with Crippen molar-refractivity contribution in [3.63, 3.8) is 0 Å². The number of amides is 2. The van der Waals surface area contributed by atoms with Crippen LogP contribution in [0, 0.1) is 11.8 Å². The minimum absolute atomic E-state index is 0.128. The van der Waals surface area contributed by atoms with Gasteiger partial charge in [-0.15, -0.1) is 0 Å². The average Bonchev–Trinajstić information content (AvgIpc) is 3.46. The summed E-state index contributed by atoms with van der Waals surface area (Å²) in [6, 6.07) is 35.0. The van der Waals surface area contributed by atoms with Crippen molar-refractivity contribution in [1.82, 2.24) is 9.58 Å². The normalized spacial score (nSPS) is 22.9. The number of hydrogen-bond donors (Lipinski definition) is 0. The van der Waals surface area contributed by atoms with Gasteiger partial charge in [0.05, 0.1) is 18.1 Å². The number of carbonyl (C=O) groups excluding carboxylic acids is 2. The predicted molar refractivity (Wildman–Crippen MR) is 150 cm³/mol. The van der Waals surface area contributed by atoms with E-state index in [-0.39, 0.29) is 23.7 Å². The number of aromatic nitrogens is 1. The van der Waals surface area contributed by atoms with Crippen molar-refractivity contribution in [2.75, 3.05) is 0 Å². The predicted octanol–water partition coefficient (Wildman–Crippen LogP) is 5.92. The van der Waals surface area contributed by atoms with E-state index in [1.807, 2.05) is 54.6 Å². The van der Waals surface area contributed by atoms with Crippen LogP contribution in [0.5, 0.6) is 0 Å². The van der Waals surface area contributed by atoms with E-state index < -0.39 is 11.8 Å². The molecule has 0 radical (unpaired) electrons. The Labute approximate surface area is 226 Å². The van der Waals surface area contributed by atoms with Crippen LogP contribution >= 0.6 is 0 Å². The Hall–Kier alpha value is -4.77. The number of benzene rings is 4. The first kappa shape index (κ1) is 22.2. The molecule has 0 unspecified atom stereocenters. The van der Waals surface area contributed by atoms with Gasteiger partial charge in [0.2, 0.25) is 0 Å². The molecule has 5 aromatic rings. The number of hydrazone groups is 1. The van der Waals surface area contributed by atoms with Crippen molar-refractivity contribution in [2.24, 2.45) is 16.9 Å². The van der Waals surface area contributed by atoms with Crippen LogP contribution in [0.3, 0.4) is 0 Å². The van der Waals surface area contributed by atoms with Gasteiger partial charge in [-0.25, -0.2) is 0 Å². The van der Waals surface area contributed by atoms with E-state index in [9.17, 15) is 9.59 Å². The summed E-state index contributed by atoms with van der Waals surface area (Å²) in [4.78, 5) is 27.8. The molecule has 1 saturated heterocycles. The number of hydrogen-bond acceptors (Lipinski definition) is 3. The maximum absolute atomic E-state index is 13.9. The number of rotatable bonds is 4. The quantitative estimate of drug-likeness (QED) is 0.224. The molecule has 2 atom stereocenters. The zero-order valence-electron chi connectivity index (χ0n) is 21.1. The maximum atomic E-state index is 13.9. The molecule has 3 aliphatic carbocycles. The summed E-state index contributed by atoms with van der Waals surface area (Å²) in [6.07, 6.45) is 3.73. The van der Waals surface area contributed by atoms with Gasteiger partial charge in [-0.3, -0.25) is 9.59 Å². The van der Waals surface area contributed by atoms with Gasteiger partial charge < -0.3 is 4.57 Å². The SMILES string of the molecule is O=C1[C@@H]2C3c4ccccc4C(c4ccccc43)[C@@H]2C(=O)N1/N=C\c1cn(Cc2ccccc2)c2ccccc12. The van der Waals surface area contributed by atoms with Gasteiger partial charge >= 0.3 is 0 Å². The number of para-hydroxylation sites is 1. The standard InChI is InChI=1S/C34H25N3O2/c38-33-31-29-24-13-4-5-14-25(24)30(27-16-7-6-15-26(27)29)32(31)34(39)37(33)35-18-22-20-36(19-21-10-2-1-3-11-21)28-17-9-8-12-23(22)28/h1-18,20,29-32H,19H2/b35-18-/t29?,30?,31-,32+. The first-order valence-corrected chi connectivity index (χ1v) is 13.4. The maximum Gasteiger partial charge on any atom is 0.254 e. The highest BCUT2D eigenvalue weighted by molar-refractivity contribution is 6.09. The van der Waals surface area contributed by atoms with Crippen LogP contribution < -0.4 is 0 Å². The fourth-order valence-corrected chi connectivity index (χ4v) is 7.18. The van der Waals surface area contributed by atoms with Crippen LogP contribution in [0.25, 0.3) is 10.9 Å². The van der Waals surface area contributed by atoms with Gasteiger partial charge in [0, 0.05) is 41.0 Å². The highest BCUT2D eigenvalue weighted by Gasteiger charge is 2.61. The fourth-order valence-electron chi connectivity index (χ4n) is 7.18. The molecule has 188 valence electrons. The molecule has 2 bridgehead atoms. The number of imide groups is 1. The van der Waals surface area contributed by atoms with E-state index in [0.717, 1.165) is 28.0 Å². The van der Waals surface area contributed by atoms with Crippen LogP contribution in [-0.2, 0) is 16.1 Å². The molecule has 2 heterocycles. The Balaban J connectivity index is 1.18. The molecule has 0 spiro atoms. The van der Waals surface area contributed by atoms with Crippen molar-refractivity contribution in [3.05, 3.63) is 143 Å². The Bertz CT molecular complexity index is 1700. The molecule has 0 saturated carbocycles. The largest absolute Gasteiger partial charge is 0.342 e. The van der Waals surface area contributed by atoms with E-state index in [0.29, 0.717) is 0 Å². The molecule has 5 nitrogen and oxygen atoms in total. The first-order chi connectivity index (χ1) is 19.2. The summed E-state index contributed by atoms with van der Waals surface area (Å²) in [7, 11) is 0. The minimum Gasteiger partial charge on any atom is -0.342 e. The Morgan fingerprint density at radius 1 is 0.641 bits per heavy atom. The second-order valence-electron chi connectivity index (χ2n) is 10.7. The lowest BCUT2D eigenvalue weighted by molar-refractivity contribution is -0.139. The highest BCUT2D eigenvalue weighted by Crippen LogP contribution is 2.60. The first-order valence-electron chi connectivity index (χ1n) is 13.4. The third kappa shape index (κ3) is 3.16. The Kier molecular flexibility index (Phi) is 4.77. The molecule has 0 N–H and O–H groups in total. The molecule has 1 fully saturated rings. The topological polar surface area (TPSA) is 54.7 Å². The zero-order valence-corrected chi connectivity index (χ0v) is 21.1. The molecule has 9 rings (SSSR count). The van der Waals surface area contributed by atoms with Crippen molar-refractivity contribution in [3.8, 4) is 0 Å². The minimum atomic E-state index is -0.427. The monoisotopic (exact) mass is 507 g/mol. The van der Waals surface area contributed by atoms with Crippen LogP contribution in [0.4, 0.5) is 0 Å². The molecule has 5 heteroatoms. The number of carbonyl (C=O) groups is 2. The third-order valence-corrected chi connectivity index (χ3v) is 8.75. The summed E-state index contributed by atoms with van der Waals surface area (Å²) < 4.78 is 2.19. The summed E-state index contributed by atoms with van der Waals surface area (Å²) in [5.74, 6) is -1.51. The molecule has 1 aromatic heterocycles. The lowest BCUT2D eigenvalue weighted by Crippen LogP contribution is -2.41.